The normalized spacial score (nSPS) is 21.9. The predicted octanol–water partition coefficient (Wildman–Crippen LogP) is 5.92. The van der Waals surface area contributed by atoms with Crippen LogP contribution in [-0.2, 0) is 43.6 Å². The Kier molecular flexibility index (Phi) is 12.2. The lowest BCUT2D eigenvalue weighted by atomic mass is 9.91. The second-order valence-electron chi connectivity index (χ2n) is 12.7. The van der Waals surface area contributed by atoms with Gasteiger partial charge in [-0.3, -0.25) is 14.5 Å². The Bertz CT molecular complexity index is 1790. The molecule has 4 aromatic rings. The van der Waals surface area contributed by atoms with Crippen molar-refractivity contribution in [1.29, 1.82) is 0 Å². The number of nitrogens with zero attached hydrogens (tertiary/aromatic N) is 1. The first-order valence-corrected chi connectivity index (χ1v) is 18.2. The van der Waals surface area contributed by atoms with E-state index in [1.807, 2.05) is 103 Å². The van der Waals surface area contributed by atoms with Gasteiger partial charge >= 0.3 is 6.09 Å². The highest BCUT2D eigenvalue weighted by Gasteiger charge is 2.40. The van der Waals surface area contributed by atoms with Gasteiger partial charge in [-0.2, -0.15) is 11.8 Å². The molecule has 11 heteroatoms. The van der Waals surface area contributed by atoms with Crippen molar-refractivity contribution in [3.05, 3.63) is 131 Å². The number of ether oxygens (including phenoxy) is 3. The summed E-state index contributed by atoms with van der Waals surface area (Å²) in [4.78, 5) is 39.5. The van der Waals surface area contributed by atoms with Gasteiger partial charge < -0.3 is 29.7 Å². The van der Waals surface area contributed by atoms with Gasteiger partial charge in [0.25, 0.3) is 5.91 Å². The van der Waals surface area contributed by atoms with E-state index in [2.05, 4.69) is 12.2 Å². The van der Waals surface area contributed by atoms with Crippen molar-refractivity contribution >= 4 is 29.7 Å². The summed E-state index contributed by atoms with van der Waals surface area (Å²) in [6.45, 7) is 2.34. The van der Waals surface area contributed by atoms with E-state index >= 15 is 0 Å². The summed E-state index contributed by atoms with van der Waals surface area (Å²) in [6.07, 6.45) is -1.81. The molecule has 0 spiro atoms. The predicted molar refractivity (Wildman–Crippen MR) is 193 cm³/mol. The summed E-state index contributed by atoms with van der Waals surface area (Å²) in [6, 6.07) is 31.6. The van der Waals surface area contributed by atoms with Crippen molar-refractivity contribution in [2.75, 3.05) is 18.1 Å². The number of imide groups is 1. The minimum absolute atomic E-state index is 0.0247. The van der Waals surface area contributed by atoms with Gasteiger partial charge in [-0.05, 0) is 39.4 Å². The van der Waals surface area contributed by atoms with Crippen LogP contribution in [-0.4, -0.2) is 63.3 Å². The Morgan fingerprint density at radius 2 is 1.59 bits per heavy atom. The number of carbonyl (C=O) groups excluding carboxylic acids is 3. The number of aliphatic hydroxyl groups excluding tert-OH is 2. The number of thioether (sulfide) groups is 1. The van der Waals surface area contributed by atoms with Crippen molar-refractivity contribution in [3.63, 3.8) is 0 Å². The van der Waals surface area contributed by atoms with Crippen molar-refractivity contribution in [1.82, 2.24) is 10.2 Å². The van der Waals surface area contributed by atoms with Crippen LogP contribution in [0.15, 0.2) is 103 Å². The summed E-state index contributed by atoms with van der Waals surface area (Å²) < 4.78 is 18.3. The number of hydrogen-bond acceptors (Lipinski definition) is 9. The van der Waals surface area contributed by atoms with Crippen LogP contribution in [0, 0.1) is 5.92 Å². The van der Waals surface area contributed by atoms with Gasteiger partial charge in [0.2, 0.25) is 5.91 Å². The van der Waals surface area contributed by atoms with Gasteiger partial charge in [0.15, 0.2) is 6.29 Å². The summed E-state index contributed by atoms with van der Waals surface area (Å²) in [5.74, 6) is 0.575. The monoisotopic (exact) mass is 710 g/mol. The number of amides is 3. The molecule has 3 amide bonds. The van der Waals surface area contributed by atoms with Crippen LogP contribution < -0.4 is 5.32 Å². The highest BCUT2D eigenvalue weighted by Crippen LogP contribution is 2.42. The van der Waals surface area contributed by atoms with Crippen molar-refractivity contribution < 1.29 is 38.8 Å². The van der Waals surface area contributed by atoms with Crippen LogP contribution in [0.25, 0.3) is 11.1 Å². The van der Waals surface area contributed by atoms with Crippen molar-refractivity contribution in [3.8, 4) is 11.1 Å². The molecule has 4 aromatic carbocycles. The van der Waals surface area contributed by atoms with E-state index in [0.717, 1.165) is 44.7 Å². The van der Waals surface area contributed by atoms with Gasteiger partial charge in [0.1, 0.15) is 12.6 Å². The van der Waals surface area contributed by atoms with E-state index in [4.69, 9.17) is 14.2 Å². The fourth-order valence-electron chi connectivity index (χ4n) is 6.31. The van der Waals surface area contributed by atoms with E-state index in [1.54, 1.807) is 11.8 Å². The minimum Gasteiger partial charge on any atom is -0.445 e. The van der Waals surface area contributed by atoms with Gasteiger partial charge in [-0.15, -0.1) is 0 Å². The molecule has 6 rings (SSSR count). The number of rotatable bonds is 13. The molecule has 0 aliphatic carbocycles. The molecule has 2 aliphatic heterocycles. The number of benzene rings is 4. The first-order valence-electron chi connectivity index (χ1n) is 17.0. The van der Waals surface area contributed by atoms with Gasteiger partial charge in [0, 0.05) is 23.0 Å². The Balaban J connectivity index is 1.10. The second-order valence-corrected chi connectivity index (χ2v) is 13.9. The summed E-state index contributed by atoms with van der Waals surface area (Å²) in [5.41, 5.74) is 6.16. The molecule has 2 heterocycles. The molecule has 266 valence electrons. The zero-order chi connectivity index (χ0) is 35.7. The van der Waals surface area contributed by atoms with Crippen LogP contribution in [0.4, 0.5) is 4.79 Å². The van der Waals surface area contributed by atoms with Gasteiger partial charge in [0.05, 0.1) is 38.4 Å². The van der Waals surface area contributed by atoms with Gasteiger partial charge in [-0.25, -0.2) is 4.79 Å². The molecule has 0 radical (unpaired) electrons. The maximum absolute atomic E-state index is 13.1. The highest BCUT2D eigenvalue weighted by molar-refractivity contribution is 7.99. The molecule has 51 heavy (non-hydrogen) atoms. The maximum atomic E-state index is 13.1. The number of carbonyl (C=O) groups is 3. The Hall–Kier alpha value is -4.52. The third-order valence-electron chi connectivity index (χ3n) is 9.17. The van der Waals surface area contributed by atoms with Crippen molar-refractivity contribution in [2.45, 2.75) is 57.6 Å². The van der Waals surface area contributed by atoms with Crippen LogP contribution in [0.2, 0.25) is 0 Å². The lowest BCUT2D eigenvalue weighted by molar-refractivity contribution is -0.268. The van der Waals surface area contributed by atoms with E-state index in [1.165, 1.54) is 4.90 Å². The molecular weight excluding hydrogens is 669 g/mol. The van der Waals surface area contributed by atoms with E-state index < -0.39 is 24.3 Å². The molecule has 2 saturated heterocycles. The standard InChI is InChI=1S/C40H42N2O8S/c1-26-35(25-51-19-18-43)49-39(50-37(26)31-12-10-27(23-44)11-13-31)32-16-14-30(15-17-32)33-9-5-8-29(20-33)22-42-36(45)21-34(38(42)46)41-40(47)48-24-28-6-3-2-4-7-28/h2-17,20,26,34-35,37,39,43-44H,18-19,21-25H2,1H3,(H,41,47)/t26-,34?,35+,37+,39+/m0/s1. The fourth-order valence-corrected chi connectivity index (χ4v) is 7.22. The number of alkyl carbamates (subject to hydrolysis) is 1. The van der Waals surface area contributed by atoms with E-state index in [0.29, 0.717) is 5.75 Å². The molecule has 0 aromatic heterocycles. The molecule has 1 unspecified atom stereocenters. The molecule has 0 saturated carbocycles. The Morgan fingerprint density at radius 1 is 0.863 bits per heavy atom. The molecule has 2 fully saturated rings. The van der Waals surface area contributed by atoms with E-state index in [9.17, 15) is 24.6 Å². The Morgan fingerprint density at radius 3 is 2.31 bits per heavy atom. The smallest absolute Gasteiger partial charge is 0.408 e. The average Bonchev–Trinajstić information content (AvgIpc) is 3.42. The Labute approximate surface area is 301 Å². The third kappa shape index (κ3) is 9.05. The third-order valence-corrected chi connectivity index (χ3v) is 10.2. The second kappa shape index (κ2) is 17.1. The zero-order valence-electron chi connectivity index (χ0n) is 28.4. The molecule has 0 bridgehead atoms. The molecule has 5 atom stereocenters. The van der Waals surface area contributed by atoms with Crippen LogP contribution in [0.3, 0.4) is 0 Å². The largest absolute Gasteiger partial charge is 0.445 e. The zero-order valence-corrected chi connectivity index (χ0v) is 29.2. The lowest BCUT2D eigenvalue weighted by Gasteiger charge is -2.41. The summed E-state index contributed by atoms with van der Waals surface area (Å²) in [5, 5.41) is 21.4. The van der Waals surface area contributed by atoms with Crippen LogP contribution in [0.5, 0.6) is 0 Å². The highest BCUT2D eigenvalue weighted by atomic mass is 32.2. The topological polar surface area (TPSA) is 135 Å². The van der Waals surface area contributed by atoms with Crippen LogP contribution in [0.1, 0.15) is 53.6 Å². The maximum Gasteiger partial charge on any atom is 0.408 e. The number of nitrogens with one attached hydrogen (secondary N) is 1. The molecule has 3 N–H and O–H groups in total. The quantitative estimate of drug-likeness (QED) is 0.114. The molecule has 10 nitrogen and oxygen atoms in total. The van der Waals surface area contributed by atoms with Crippen LogP contribution >= 0.6 is 11.8 Å². The summed E-state index contributed by atoms with van der Waals surface area (Å²) >= 11 is 1.65. The number of aliphatic hydroxyl groups is 2. The van der Waals surface area contributed by atoms with Gasteiger partial charge in [-0.1, -0.05) is 104 Å². The molecular formula is C40H42N2O8S. The lowest BCUT2D eigenvalue weighted by Crippen LogP contribution is -2.41. The fraction of sp³-hybridized carbons (Fsp3) is 0.325. The SMILES string of the molecule is C[C@H]1[C@@H](CSCCO)O[C@@H](c2ccc(-c3cccc(CN4C(=O)CC(NC(=O)OCc5ccccc5)C4=O)c3)cc2)O[C@H]1c1ccc(CO)cc1. The molecule has 2 aliphatic rings. The first-order chi connectivity index (χ1) is 24.8. The average molecular weight is 711 g/mol. The minimum atomic E-state index is -0.976. The summed E-state index contributed by atoms with van der Waals surface area (Å²) in [7, 11) is 0. The van der Waals surface area contributed by atoms with E-state index in [-0.39, 0.29) is 56.8 Å². The number of hydrogen-bond donors (Lipinski definition) is 3. The first kappa shape index (κ1) is 36.3. The van der Waals surface area contributed by atoms with Crippen molar-refractivity contribution in [2.24, 2.45) is 5.92 Å². The number of likely N-dealkylation sites (tertiary alicyclic amines) is 1.